The lowest BCUT2D eigenvalue weighted by Crippen LogP contribution is -2.40. The Balaban J connectivity index is 1.47. The van der Waals surface area contributed by atoms with Gasteiger partial charge < -0.3 is 5.32 Å². The van der Waals surface area contributed by atoms with Crippen LogP contribution in [-0.2, 0) is 0 Å². The molecule has 0 radical (unpaired) electrons. The van der Waals surface area contributed by atoms with Gasteiger partial charge >= 0.3 is 0 Å². The van der Waals surface area contributed by atoms with E-state index in [4.69, 9.17) is 0 Å². The molecule has 2 aliphatic rings. The highest BCUT2D eigenvalue weighted by atomic mass is 32.1. The van der Waals surface area contributed by atoms with Gasteiger partial charge in [-0.3, -0.25) is 9.20 Å². The number of hydrogen-bond donors (Lipinski definition) is 1. The average molecular weight is 303 g/mol. The average Bonchev–Trinajstić information content (AvgIpc) is 3.20. The van der Waals surface area contributed by atoms with E-state index >= 15 is 0 Å². The minimum Gasteiger partial charge on any atom is -0.348 e. The molecule has 0 aliphatic heterocycles. The van der Waals surface area contributed by atoms with E-state index in [2.05, 4.69) is 22.6 Å². The number of fused-ring (bicyclic) bond motifs is 3. The molecule has 2 aliphatic carbocycles. The summed E-state index contributed by atoms with van der Waals surface area (Å²) in [4.78, 5) is 17.7. The third-order valence-corrected chi connectivity index (χ3v) is 6.37. The van der Waals surface area contributed by atoms with Crippen LogP contribution in [0.15, 0.2) is 11.6 Å². The van der Waals surface area contributed by atoms with Crippen LogP contribution in [0.5, 0.6) is 0 Å². The van der Waals surface area contributed by atoms with Crippen LogP contribution in [0, 0.1) is 24.7 Å². The lowest BCUT2D eigenvalue weighted by atomic mass is 9.84. The van der Waals surface area contributed by atoms with Crippen molar-refractivity contribution in [2.24, 2.45) is 17.8 Å². The van der Waals surface area contributed by atoms with Crippen LogP contribution in [0.3, 0.4) is 0 Å². The molecule has 112 valence electrons. The van der Waals surface area contributed by atoms with E-state index in [0.29, 0.717) is 11.6 Å². The maximum Gasteiger partial charge on any atom is 0.271 e. The number of nitrogens with one attached hydrogen (secondary N) is 1. The van der Waals surface area contributed by atoms with Crippen molar-refractivity contribution < 1.29 is 4.79 Å². The number of aromatic nitrogens is 2. The van der Waals surface area contributed by atoms with Crippen molar-refractivity contribution in [3.63, 3.8) is 0 Å². The fourth-order valence-electron chi connectivity index (χ4n) is 4.30. The van der Waals surface area contributed by atoms with E-state index in [1.807, 2.05) is 17.5 Å². The lowest BCUT2D eigenvalue weighted by Gasteiger charge is -2.28. The maximum absolute atomic E-state index is 12.4. The number of carbonyl (C=O) groups excluding carboxylic acids is 1. The normalized spacial score (nSPS) is 29.1. The molecule has 1 N–H and O–H groups in total. The zero-order chi connectivity index (χ0) is 14.6. The predicted molar refractivity (Wildman–Crippen MR) is 83.7 cm³/mol. The molecule has 2 aromatic heterocycles. The molecule has 2 fully saturated rings. The van der Waals surface area contributed by atoms with Crippen molar-refractivity contribution >= 4 is 22.2 Å². The minimum atomic E-state index is -0.0272. The van der Waals surface area contributed by atoms with Gasteiger partial charge in [-0.1, -0.05) is 6.42 Å². The summed E-state index contributed by atoms with van der Waals surface area (Å²) in [6, 6.07) is 0.258. The second-order valence-corrected chi connectivity index (χ2v) is 7.59. The van der Waals surface area contributed by atoms with Crippen LogP contribution in [-0.4, -0.2) is 21.3 Å². The summed E-state index contributed by atoms with van der Waals surface area (Å²) in [5, 5.41) is 5.24. The molecule has 4 unspecified atom stereocenters. The molecule has 0 aromatic carbocycles. The van der Waals surface area contributed by atoms with Crippen LogP contribution >= 0.6 is 11.3 Å². The number of amides is 1. The zero-order valence-electron chi connectivity index (χ0n) is 12.5. The van der Waals surface area contributed by atoms with Gasteiger partial charge in [0, 0.05) is 23.3 Å². The van der Waals surface area contributed by atoms with Crippen LogP contribution in [0.1, 0.15) is 48.8 Å². The van der Waals surface area contributed by atoms with Gasteiger partial charge in [-0.2, -0.15) is 0 Å². The first-order valence-electron chi connectivity index (χ1n) is 7.86. The van der Waals surface area contributed by atoms with E-state index in [1.165, 1.54) is 25.7 Å². The quantitative estimate of drug-likeness (QED) is 0.946. The molecule has 2 bridgehead atoms. The Morgan fingerprint density at radius 1 is 1.48 bits per heavy atom. The second-order valence-electron chi connectivity index (χ2n) is 6.76. The van der Waals surface area contributed by atoms with Gasteiger partial charge in [-0.15, -0.1) is 11.3 Å². The Labute approximate surface area is 128 Å². The SMILES string of the molecule is Cc1csc2nc(C(=O)NC(C)C3CC4CCC3C4)cn12. The largest absolute Gasteiger partial charge is 0.348 e. The molecule has 5 heteroatoms. The van der Waals surface area contributed by atoms with Crippen LogP contribution in [0.2, 0.25) is 0 Å². The fraction of sp³-hybridized carbons (Fsp3) is 0.625. The highest BCUT2D eigenvalue weighted by Crippen LogP contribution is 2.49. The topological polar surface area (TPSA) is 46.4 Å². The number of aryl methyl sites for hydroxylation is 1. The highest BCUT2D eigenvalue weighted by Gasteiger charge is 2.42. The zero-order valence-corrected chi connectivity index (χ0v) is 13.3. The minimum absolute atomic E-state index is 0.0272. The van der Waals surface area contributed by atoms with Crippen molar-refractivity contribution in [2.75, 3.05) is 0 Å². The van der Waals surface area contributed by atoms with Gasteiger partial charge in [-0.05, 0) is 50.9 Å². The summed E-state index contributed by atoms with van der Waals surface area (Å²) in [5.41, 5.74) is 1.67. The summed E-state index contributed by atoms with van der Waals surface area (Å²) in [5.74, 6) is 2.39. The molecule has 4 rings (SSSR count). The molecule has 1 amide bonds. The standard InChI is InChI=1S/C16H21N3OS/c1-9-8-21-16-18-14(7-19(9)16)15(20)17-10(2)13-6-11-3-4-12(13)5-11/h7-8,10-13H,3-6H2,1-2H3,(H,17,20). The molecule has 2 saturated carbocycles. The first-order chi connectivity index (χ1) is 10.1. The van der Waals surface area contributed by atoms with E-state index in [1.54, 1.807) is 11.3 Å². The Hall–Kier alpha value is -1.36. The molecule has 21 heavy (non-hydrogen) atoms. The Kier molecular flexibility index (Phi) is 3.06. The molecular weight excluding hydrogens is 282 g/mol. The van der Waals surface area contributed by atoms with Crippen LogP contribution in [0.25, 0.3) is 4.96 Å². The third kappa shape index (κ3) is 2.18. The molecule has 4 nitrogen and oxygen atoms in total. The van der Waals surface area contributed by atoms with Gasteiger partial charge in [-0.25, -0.2) is 4.98 Å². The maximum atomic E-state index is 12.4. The molecular formula is C16H21N3OS. The number of thiazole rings is 1. The number of carbonyl (C=O) groups is 1. The van der Waals surface area contributed by atoms with E-state index in [-0.39, 0.29) is 11.9 Å². The summed E-state index contributed by atoms with van der Waals surface area (Å²) in [6.07, 6.45) is 7.28. The van der Waals surface area contributed by atoms with Crippen molar-refractivity contribution in [1.82, 2.24) is 14.7 Å². The molecule has 0 spiro atoms. The summed E-state index contributed by atoms with van der Waals surface area (Å²) < 4.78 is 1.99. The van der Waals surface area contributed by atoms with Crippen LogP contribution < -0.4 is 5.32 Å². The number of rotatable bonds is 3. The highest BCUT2D eigenvalue weighted by molar-refractivity contribution is 7.15. The first kappa shape index (κ1) is 13.3. The number of nitrogens with zero attached hydrogens (tertiary/aromatic N) is 2. The van der Waals surface area contributed by atoms with Gasteiger partial charge in [0.2, 0.25) is 0 Å². The number of imidazole rings is 1. The fourth-order valence-corrected chi connectivity index (χ4v) is 5.15. The molecule has 0 saturated heterocycles. The van der Waals surface area contributed by atoms with E-state index in [0.717, 1.165) is 22.5 Å². The second kappa shape index (κ2) is 4.83. The summed E-state index contributed by atoms with van der Waals surface area (Å²) in [7, 11) is 0. The lowest BCUT2D eigenvalue weighted by molar-refractivity contribution is 0.0911. The van der Waals surface area contributed by atoms with Crippen molar-refractivity contribution in [3.05, 3.63) is 23.0 Å². The van der Waals surface area contributed by atoms with Crippen molar-refractivity contribution in [1.29, 1.82) is 0 Å². The first-order valence-corrected chi connectivity index (χ1v) is 8.74. The monoisotopic (exact) mass is 303 g/mol. The molecule has 2 aromatic rings. The number of hydrogen-bond acceptors (Lipinski definition) is 3. The van der Waals surface area contributed by atoms with Crippen molar-refractivity contribution in [3.8, 4) is 0 Å². The molecule has 2 heterocycles. The van der Waals surface area contributed by atoms with Crippen LogP contribution in [0.4, 0.5) is 0 Å². The smallest absolute Gasteiger partial charge is 0.271 e. The van der Waals surface area contributed by atoms with Gasteiger partial charge in [0.15, 0.2) is 4.96 Å². The molecule has 4 atom stereocenters. The van der Waals surface area contributed by atoms with E-state index in [9.17, 15) is 4.79 Å². The Morgan fingerprint density at radius 3 is 3.00 bits per heavy atom. The summed E-state index contributed by atoms with van der Waals surface area (Å²) >= 11 is 1.58. The summed E-state index contributed by atoms with van der Waals surface area (Å²) in [6.45, 7) is 4.19. The Morgan fingerprint density at radius 2 is 2.33 bits per heavy atom. The van der Waals surface area contributed by atoms with Crippen molar-refractivity contribution in [2.45, 2.75) is 45.6 Å². The van der Waals surface area contributed by atoms with Gasteiger partial charge in [0.25, 0.3) is 5.91 Å². The van der Waals surface area contributed by atoms with Gasteiger partial charge in [0.05, 0.1) is 0 Å². The third-order valence-electron chi connectivity index (χ3n) is 5.41. The van der Waals surface area contributed by atoms with E-state index < -0.39 is 0 Å². The predicted octanol–water partition coefficient (Wildman–Crippen LogP) is 3.26. The Bertz CT molecular complexity index is 689. The van der Waals surface area contributed by atoms with Gasteiger partial charge in [0.1, 0.15) is 5.69 Å².